The van der Waals surface area contributed by atoms with Crippen molar-refractivity contribution in [2.45, 2.75) is 64.8 Å². The van der Waals surface area contributed by atoms with Gasteiger partial charge in [-0.3, -0.25) is 9.11 Å². The van der Waals surface area contributed by atoms with Crippen LogP contribution in [0.25, 0.3) is 0 Å². The average molecular weight is 283 g/mol. The lowest BCUT2D eigenvalue weighted by Gasteiger charge is -2.19. The second-order valence-corrected chi connectivity index (χ2v) is 5.71. The maximum absolute atomic E-state index is 8.74. The summed E-state index contributed by atoms with van der Waals surface area (Å²) in [7, 11) is -0.330. The van der Waals surface area contributed by atoms with E-state index in [9.17, 15) is 0 Å². The summed E-state index contributed by atoms with van der Waals surface area (Å²) in [4.78, 5) is 2.31. The normalized spacial score (nSPS) is 13.1. The van der Waals surface area contributed by atoms with Crippen LogP contribution in [-0.4, -0.2) is 42.6 Å². The zero-order valence-electron chi connectivity index (χ0n) is 12.1. The Hall–Kier alpha value is -0.170. The van der Waals surface area contributed by atoms with E-state index in [4.69, 9.17) is 17.5 Å². The monoisotopic (exact) mass is 283 g/mol. The molecular formula is C12H29NO4S. The maximum Gasteiger partial charge on any atom is 0.394 e. The van der Waals surface area contributed by atoms with Gasteiger partial charge >= 0.3 is 10.4 Å². The van der Waals surface area contributed by atoms with Gasteiger partial charge in [-0.2, -0.15) is 8.42 Å². The third-order valence-corrected chi connectivity index (χ3v) is 2.86. The lowest BCUT2D eigenvalue weighted by molar-refractivity contribution is 0.291. The maximum atomic E-state index is 8.74. The Bertz CT molecular complexity index is 257. The van der Waals surface area contributed by atoms with Gasteiger partial charge in [0.25, 0.3) is 0 Å². The van der Waals surface area contributed by atoms with Crippen LogP contribution in [0.5, 0.6) is 0 Å². The Morgan fingerprint density at radius 1 is 1.00 bits per heavy atom. The molecule has 0 heterocycles. The number of hydrogen-bond acceptors (Lipinski definition) is 3. The van der Waals surface area contributed by atoms with Crippen LogP contribution in [0.15, 0.2) is 0 Å². The van der Waals surface area contributed by atoms with Gasteiger partial charge in [0, 0.05) is 6.04 Å². The molecule has 0 aliphatic rings. The van der Waals surface area contributed by atoms with Crippen LogP contribution in [0.1, 0.15) is 58.8 Å². The highest BCUT2D eigenvalue weighted by Crippen LogP contribution is 2.10. The summed E-state index contributed by atoms with van der Waals surface area (Å²) >= 11 is 0. The summed E-state index contributed by atoms with van der Waals surface area (Å²) in [5.41, 5.74) is 0. The molecule has 0 saturated carbocycles. The predicted molar refractivity (Wildman–Crippen MR) is 75.3 cm³/mol. The molecule has 0 radical (unpaired) electrons. The highest BCUT2D eigenvalue weighted by molar-refractivity contribution is 7.79. The summed E-state index contributed by atoms with van der Waals surface area (Å²) in [5.74, 6) is 0. The summed E-state index contributed by atoms with van der Waals surface area (Å²) in [6.07, 6.45) is 9.85. The highest BCUT2D eigenvalue weighted by atomic mass is 32.3. The van der Waals surface area contributed by atoms with Crippen molar-refractivity contribution in [1.82, 2.24) is 4.90 Å². The van der Waals surface area contributed by atoms with Crippen LogP contribution in [0.2, 0.25) is 0 Å². The minimum absolute atomic E-state index is 0.756. The average Bonchev–Trinajstić information content (AvgIpc) is 2.20. The van der Waals surface area contributed by atoms with Gasteiger partial charge in [-0.05, 0) is 27.4 Å². The van der Waals surface area contributed by atoms with Crippen molar-refractivity contribution >= 4 is 10.4 Å². The zero-order chi connectivity index (χ0) is 14.6. The Labute approximate surface area is 112 Å². The van der Waals surface area contributed by atoms with Crippen molar-refractivity contribution in [2.75, 3.05) is 14.1 Å². The Balaban J connectivity index is 0. The molecule has 0 aromatic heterocycles. The third kappa shape index (κ3) is 24.9. The molecule has 0 aliphatic carbocycles. The van der Waals surface area contributed by atoms with Gasteiger partial charge in [-0.1, -0.05) is 45.4 Å². The van der Waals surface area contributed by atoms with Crippen molar-refractivity contribution in [3.63, 3.8) is 0 Å². The summed E-state index contributed by atoms with van der Waals surface area (Å²) < 4.78 is 31.6. The Morgan fingerprint density at radius 2 is 1.39 bits per heavy atom. The zero-order valence-corrected chi connectivity index (χ0v) is 12.9. The fourth-order valence-corrected chi connectivity index (χ4v) is 1.48. The first kappa shape index (κ1) is 20.2. The minimum atomic E-state index is -4.67. The first-order valence-corrected chi connectivity index (χ1v) is 7.94. The molecule has 0 aliphatic heterocycles. The Morgan fingerprint density at radius 3 is 1.78 bits per heavy atom. The van der Waals surface area contributed by atoms with Crippen molar-refractivity contribution in [2.24, 2.45) is 0 Å². The van der Waals surface area contributed by atoms with Crippen molar-refractivity contribution in [3.8, 4) is 0 Å². The van der Waals surface area contributed by atoms with Gasteiger partial charge in [0.1, 0.15) is 0 Å². The van der Waals surface area contributed by atoms with E-state index in [1.54, 1.807) is 0 Å². The molecule has 0 aromatic rings. The topological polar surface area (TPSA) is 77.8 Å². The van der Waals surface area contributed by atoms with Crippen molar-refractivity contribution < 1.29 is 17.5 Å². The van der Waals surface area contributed by atoms with E-state index in [0.717, 1.165) is 6.04 Å². The lowest BCUT2D eigenvalue weighted by atomic mass is 10.1. The lowest BCUT2D eigenvalue weighted by Crippen LogP contribution is -2.24. The molecule has 1 atom stereocenters. The summed E-state index contributed by atoms with van der Waals surface area (Å²) in [5, 5.41) is 0. The molecule has 0 fully saturated rings. The molecule has 0 amide bonds. The minimum Gasteiger partial charge on any atom is -0.307 e. The molecular weight excluding hydrogens is 254 g/mol. The standard InChI is InChI=1S/C12H27N.H2O4S/c1-5-6-7-8-9-10-11-12(2)13(3)4;1-5(2,3)4/h12H,5-11H2,1-4H3;(H2,1,2,3,4). The number of hydrogen-bond donors (Lipinski definition) is 2. The molecule has 5 nitrogen and oxygen atoms in total. The highest BCUT2D eigenvalue weighted by Gasteiger charge is 2.02. The predicted octanol–water partition coefficient (Wildman–Crippen LogP) is 3.03. The van der Waals surface area contributed by atoms with Crippen LogP contribution in [0.3, 0.4) is 0 Å². The molecule has 18 heavy (non-hydrogen) atoms. The van der Waals surface area contributed by atoms with Crippen LogP contribution in [-0.2, 0) is 10.4 Å². The summed E-state index contributed by atoms with van der Waals surface area (Å²) in [6.45, 7) is 4.58. The number of rotatable bonds is 8. The molecule has 0 saturated heterocycles. The van der Waals surface area contributed by atoms with Gasteiger partial charge in [0.05, 0.1) is 0 Å². The molecule has 112 valence electrons. The first-order valence-electron chi connectivity index (χ1n) is 6.54. The third-order valence-electron chi connectivity index (χ3n) is 2.86. The molecule has 0 rings (SSSR count). The van der Waals surface area contributed by atoms with Crippen LogP contribution >= 0.6 is 0 Å². The molecule has 2 N–H and O–H groups in total. The second-order valence-electron chi connectivity index (χ2n) is 4.82. The van der Waals surface area contributed by atoms with Crippen LogP contribution in [0.4, 0.5) is 0 Å². The second kappa shape index (κ2) is 11.9. The van der Waals surface area contributed by atoms with Gasteiger partial charge in [-0.15, -0.1) is 0 Å². The Kier molecular flexibility index (Phi) is 13.3. The van der Waals surface area contributed by atoms with E-state index in [2.05, 4.69) is 32.8 Å². The first-order chi connectivity index (χ1) is 8.18. The van der Waals surface area contributed by atoms with Crippen molar-refractivity contribution in [1.29, 1.82) is 0 Å². The number of nitrogens with zero attached hydrogens (tertiary/aromatic N) is 1. The van der Waals surface area contributed by atoms with Crippen molar-refractivity contribution in [3.05, 3.63) is 0 Å². The van der Waals surface area contributed by atoms with Gasteiger partial charge < -0.3 is 4.90 Å². The van der Waals surface area contributed by atoms with Gasteiger partial charge in [0.15, 0.2) is 0 Å². The molecule has 0 spiro atoms. The van der Waals surface area contributed by atoms with Crippen LogP contribution < -0.4 is 0 Å². The fourth-order valence-electron chi connectivity index (χ4n) is 1.48. The quantitative estimate of drug-likeness (QED) is 0.529. The molecule has 6 heteroatoms. The molecule has 0 aromatic carbocycles. The van der Waals surface area contributed by atoms with E-state index in [1.807, 2.05) is 0 Å². The number of unbranched alkanes of at least 4 members (excludes halogenated alkanes) is 5. The van der Waals surface area contributed by atoms with E-state index in [1.165, 1.54) is 44.9 Å². The van der Waals surface area contributed by atoms with Crippen LogP contribution in [0, 0.1) is 0 Å². The van der Waals surface area contributed by atoms with E-state index >= 15 is 0 Å². The largest absolute Gasteiger partial charge is 0.394 e. The van der Waals surface area contributed by atoms with E-state index in [-0.39, 0.29) is 0 Å². The summed E-state index contributed by atoms with van der Waals surface area (Å²) in [6, 6.07) is 0.756. The fraction of sp³-hybridized carbons (Fsp3) is 1.00. The smallest absolute Gasteiger partial charge is 0.307 e. The van der Waals surface area contributed by atoms with E-state index in [0.29, 0.717) is 0 Å². The van der Waals surface area contributed by atoms with E-state index < -0.39 is 10.4 Å². The van der Waals surface area contributed by atoms with Gasteiger partial charge in [0.2, 0.25) is 0 Å². The van der Waals surface area contributed by atoms with Gasteiger partial charge in [-0.25, -0.2) is 0 Å². The molecule has 1 unspecified atom stereocenters. The molecule has 0 bridgehead atoms. The SMILES string of the molecule is CCCCCCCCC(C)N(C)C.O=S(=O)(O)O.